The third-order valence-electron chi connectivity index (χ3n) is 5.67. The van der Waals surface area contributed by atoms with Crippen molar-refractivity contribution in [3.63, 3.8) is 0 Å². The first kappa shape index (κ1) is 21.9. The summed E-state index contributed by atoms with van der Waals surface area (Å²) in [6, 6.07) is 12.2. The van der Waals surface area contributed by atoms with Gasteiger partial charge < -0.3 is 19.1 Å². The Morgan fingerprint density at radius 1 is 1.03 bits per heavy atom. The largest absolute Gasteiger partial charge is 0.494 e. The van der Waals surface area contributed by atoms with Crippen LogP contribution in [0.25, 0.3) is 0 Å². The molecule has 2 aliphatic heterocycles. The van der Waals surface area contributed by atoms with E-state index >= 15 is 0 Å². The Hall–Kier alpha value is -2.33. The van der Waals surface area contributed by atoms with E-state index in [0.717, 1.165) is 37.5 Å². The number of nitrogens with one attached hydrogen (secondary N) is 1. The Balaban J connectivity index is 1.53. The molecule has 2 heterocycles. The SMILES string of the molecule is CCOc1ccc(S(=O)(=O)NC[C@H](c2ccc3c(c2)OCO3)N2CCN(C)CC2)cc1. The van der Waals surface area contributed by atoms with Crippen LogP contribution in [0.15, 0.2) is 47.4 Å². The molecule has 2 aliphatic rings. The van der Waals surface area contributed by atoms with Crippen LogP contribution in [0.5, 0.6) is 17.2 Å². The quantitative estimate of drug-likeness (QED) is 0.664. The van der Waals surface area contributed by atoms with Gasteiger partial charge in [0.1, 0.15) is 5.75 Å². The fourth-order valence-electron chi connectivity index (χ4n) is 3.87. The van der Waals surface area contributed by atoms with Crippen LogP contribution in [0.4, 0.5) is 0 Å². The lowest BCUT2D eigenvalue weighted by molar-refractivity contribution is 0.112. The molecule has 2 aromatic carbocycles. The first-order chi connectivity index (χ1) is 15.0. The molecule has 31 heavy (non-hydrogen) atoms. The number of ether oxygens (including phenoxy) is 3. The zero-order valence-electron chi connectivity index (χ0n) is 17.9. The fraction of sp³-hybridized carbons (Fsp3) is 0.455. The Labute approximate surface area is 183 Å². The highest BCUT2D eigenvalue weighted by atomic mass is 32.2. The standard InChI is InChI=1S/C22H29N3O5S/c1-3-28-18-5-7-19(8-6-18)31(26,27)23-15-20(25-12-10-24(2)11-13-25)17-4-9-21-22(14-17)30-16-29-21/h4-9,14,20,23H,3,10-13,15-16H2,1-2H3/t20-/m1/s1. The maximum Gasteiger partial charge on any atom is 0.240 e. The van der Waals surface area contributed by atoms with Gasteiger partial charge in [-0.15, -0.1) is 0 Å². The molecule has 0 aromatic heterocycles. The van der Waals surface area contributed by atoms with E-state index in [9.17, 15) is 8.42 Å². The fourth-order valence-corrected chi connectivity index (χ4v) is 4.90. The summed E-state index contributed by atoms with van der Waals surface area (Å²) in [4.78, 5) is 4.81. The van der Waals surface area contributed by atoms with Gasteiger partial charge in [0.2, 0.25) is 16.8 Å². The van der Waals surface area contributed by atoms with Gasteiger partial charge in [-0.3, -0.25) is 4.90 Å². The van der Waals surface area contributed by atoms with E-state index in [1.807, 2.05) is 25.1 Å². The average molecular weight is 448 g/mol. The number of hydrogen-bond donors (Lipinski definition) is 1. The molecule has 0 amide bonds. The van der Waals surface area contributed by atoms with E-state index in [2.05, 4.69) is 21.6 Å². The monoisotopic (exact) mass is 447 g/mol. The number of benzene rings is 2. The summed E-state index contributed by atoms with van der Waals surface area (Å²) in [6.07, 6.45) is 0. The van der Waals surface area contributed by atoms with E-state index in [-0.39, 0.29) is 24.3 Å². The van der Waals surface area contributed by atoms with Gasteiger partial charge in [0.15, 0.2) is 11.5 Å². The molecule has 2 aromatic rings. The Morgan fingerprint density at radius 3 is 2.45 bits per heavy atom. The van der Waals surface area contributed by atoms with Crippen molar-refractivity contribution in [2.75, 3.05) is 53.2 Å². The molecule has 0 saturated carbocycles. The van der Waals surface area contributed by atoms with Crippen molar-refractivity contribution in [3.05, 3.63) is 48.0 Å². The smallest absolute Gasteiger partial charge is 0.240 e. The van der Waals surface area contributed by atoms with Crippen LogP contribution >= 0.6 is 0 Å². The molecule has 1 atom stereocenters. The van der Waals surface area contributed by atoms with Crippen molar-refractivity contribution in [3.8, 4) is 17.2 Å². The summed E-state index contributed by atoms with van der Waals surface area (Å²) in [6.45, 7) is 6.49. The topological polar surface area (TPSA) is 80.3 Å². The van der Waals surface area contributed by atoms with Gasteiger partial charge in [-0.05, 0) is 55.9 Å². The molecule has 0 spiro atoms. The lowest BCUT2D eigenvalue weighted by Crippen LogP contribution is -2.48. The molecule has 1 fully saturated rings. The maximum absolute atomic E-state index is 12.9. The third-order valence-corrected chi connectivity index (χ3v) is 7.11. The second-order valence-corrected chi connectivity index (χ2v) is 9.49. The second-order valence-electron chi connectivity index (χ2n) is 7.72. The van der Waals surface area contributed by atoms with E-state index in [1.54, 1.807) is 24.3 Å². The molecule has 0 bridgehead atoms. The minimum atomic E-state index is -3.65. The maximum atomic E-state index is 12.9. The van der Waals surface area contributed by atoms with E-state index in [1.165, 1.54) is 0 Å². The van der Waals surface area contributed by atoms with Crippen molar-refractivity contribution in [1.29, 1.82) is 0 Å². The van der Waals surface area contributed by atoms with Gasteiger partial charge in [0.25, 0.3) is 0 Å². The highest BCUT2D eigenvalue weighted by Gasteiger charge is 2.27. The van der Waals surface area contributed by atoms with Crippen LogP contribution in [0, 0.1) is 0 Å². The second kappa shape index (κ2) is 9.44. The van der Waals surface area contributed by atoms with Gasteiger partial charge in [-0.1, -0.05) is 6.07 Å². The summed E-state index contributed by atoms with van der Waals surface area (Å²) in [5.41, 5.74) is 1.00. The Morgan fingerprint density at radius 2 is 1.74 bits per heavy atom. The van der Waals surface area contributed by atoms with E-state index in [0.29, 0.717) is 18.1 Å². The van der Waals surface area contributed by atoms with Gasteiger partial charge in [-0.2, -0.15) is 0 Å². The first-order valence-electron chi connectivity index (χ1n) is 10.5. The lowest BCUT2D eigenvalue weighted by atomic mass is 10.0. The Bertz CT molecular complexity index is 989. The lowest BCUT2D eigenvalue weighted by Gasteiger charge is -2.38. The highest BCUT2D eigenvalue weighted by Crippen LogP contribution is 2.35. The number of nitrogens with zero attached hydrogens (tertiary/aromatic N) is 2. The van der Waals surface area contributed by atoms with Gasteiger partial charge in [0.05, 0.1) is 11.5 Å². The third kappa shape index (κ3) is 5.12. The summed E-state index contributed by atoms with van der Waals surface area (Å²) in [5, 5.41) is 0. The average Bonchev–Trinajstić information content (AvgIpc) is 3.24. The summed E-state index contributed by atoms with van der Waals surface area (Å²) in [7, 11) is -1.56. The first-order valence-corrected chi connectivity index (χ1v) is 12.0. The number of sulfonamides is 1. The van der Waals surface area contributed by atoms with Crippen LogP contribution < -0.4 is 18.9 Å². The molecule has 0 aliphatic carbocycles. The number of piperazine rings is 1. The normalized spacial score (nSPS) is 18.1. The van der Waals surface area contributed by atoms with E-state index in [4.69, 9.17) is 14.2 Å². The van der Waals surface area contributed by atoms with Crippen molar-refractivity contribution >= 4 is 10.0 Å². The van der Waals surface area contributed by atoms with Gasteiger partial charge >= 0.3 is 0 Å². The molecular formula is C22H29N3O5S. The molecule has 1 saturated heterocycles. The van der Waals surface area contributed by atoms with Crippen molar-refractivity contribution in [2.24, 2.45) is 0 Å². The number of fused-ring (bicyclic) bond motifs is 1. The van der Waals surface area contributed by atoms with Crippen LogP contribution in [-0.4, -0.2) is 71.4 Å². The summed E-state index contributed by atoms with van der Waals surface area (Å²) >= 11 is 0. The van der Waals surface area contributed by atoms with Crippen LogP contribution in [0.1, 0.15) is 18.5 Å². The van der Waals surface area contributed by atoms with Crippen molar-refractivity contribution in [1.82, 2.24) is 14.5 Å². The summed E-state index contributed by atoms with van der Waals surface area (Å²) < 4.78 is 45.1. The number of hydrogen-bond acceptors (Lipinski definition) is 7. The molecule has 0 radical (unpaired) electrons. The van der Waals surface area contributed by atoms with Crippen LogP contribution in [-0.2, 0) is 10.0 Å². The van der Waals surface area contributed by atoms with Crippen LogP contribution in [0.3, 0.4) is 0 Å². The molecule has 1 N–H and O–H groups in total. The van der Waals surface area contributed by atoms with Gasteiger partial charge in [0, 0.05) is 38.8 Å². The molecule has 0 unspecified atom stereocenters. The van der Waals surface area contributed by atoms with E-state index < -0.39 is 10.0 Å². The van der Waals surface area contributed by atoms with Crippen LogP contribution in [0.2, 0.25) is 0 Å². The molecule has 9 heteroatoms. The number of rotatable bonds is 8. The molecule has 4 rings (SSSR count). The Kier molecular flexibility index (Phi) is 6.66. The predicted octanol–water partition coefficient (Wildman–Crippen LogP) is 2.08. The minimum absolute atomic E-state index is 0.110. The molecular weight excluding hydrogens is 418 g/mol. The summed E-state index contributed by atoms with van der Waals surface area (Å²) in [5.74, 6) is 2.07. The highest BCUT2D eigenvalue weighted by molar-refractivity contribution is 7.89. The number of likely N-dealkylation sites (N-methyl/N-ethyl adjacent to an activating group) is 1. The zero-order valence-corrected chi connectivity index (χ0v) is 18.7. The van der Waals surface area contributed by atoms with Crippen molar-refractivity contribution < 1.29 is 22.6 Å². The zero-order chi connectivity index (χ0) is 21.8. The predicted molar refractivity (Wildman–Crippen MR) is 117 cm³/mol. The minimum Gasteiger partial charge on any atom is -0.494 e. The van der Waals surface area contributed by atoms with Crippen molar-refractivity contribution in [2.45, 2.75) is 17.9 Å². The molecule has 168 valence electrons. The van der Waals surface area contributed by atoms with Gasteiger partial charge in [-0.25, -0.2) is 13.1 Å². The molecule has 8 nitrogen and oxygen atoms in total.